The van der Waals surface area contributed by atoms with Gasteiger partial charge in [0.15, 0.2) is 3.95 Å². The van der Waals surface area contributed by atoms with E-state index in [9.17, 15) is 0 Å². The van der Waals surface area contributed by atoms with Crippen LogP contribution >= 0.6 is 37.8 Å². The van der Waals surface area contributed by atoms with Crippen molar-refractivity contribution in [3.63, 3.8) is 0 Å². The van der Waals surface area contributed by atoms with Crippen molar-refractivity contribution >= 4 is 49.6 Å². The predicted octanol–water partition coefficient (Wildman–Crippen LogP) is 4.86. The monoisotopic (exact) mass is 250 g/mol. The van der Waals surface area contributed by atoms with E-state index >= 15 is 0 Å². The van der Waals surface area contributed by atoms with Crippen LogP contribution in [0.1, 0.15) is 26.7 Å². The van der Waals surface area contributed by atoms with E-state index in [0.717, 1.165) is 5.75 Å². The van der Waals surface area contributed by atoms with E-state index in [2.05, 4.69) is 13.8 Å². The summed E-state index contributed by atoms with van der Waals surface area (Å²) >= 11 is 17.9. The van der Waals surface area contributed by atoms with Gasteiger partial charge in [-0.15, -0.1) is 0 Å². The van der Waals surface area contributed by atoms with Crippen molar-refractivity contribution in [1.82, 2.24) is 0 Å². The molecular formula is C6H13Cl2PS2. The number of hydrogen-bond donors (Lipinski definition) is 0. The number of hydrogen-bond acceptors (Lipinski definition) is 2. The molecule has 0 saturated carbocycles. The Morgan fingerprint density at radius 3 is 2.45 bits per heavy atom. The molecule has 0 radical (unpaired) electrons. The second kappa shape index (κ2) is 6.10. The molecule has 0 aliphatic heterocycles. The van der Waals surface area contributed by atoms with Crippen LogP contribution in [0.4, 0.5) is 0 Å². The Balaban J connectivity index is 3.46. The molecule has 11 heavy (non-hydrogen) atoms. The molecule has 0 aromatic heterocycles. The van der Waals surface area contributed by atoms with Crippen molar-refractivity contribution in [2.75, 3.05) is 5.75 Å². The molecule has 0 spiro atoms. The van der Waals surface area contributed by atoms with E-state index in [0.29, 0.717) is 5.92 Å². The number of halogens is 2. The Morgan fingerprint density at radius 1 is 1.55 bits per heavy atom. The largest absolute Gasteiger partial charge is 0.171 e. The third-order valence-electron chi connectivity index (χ3n) is 1.29. The van der Waals surface area contributed by atoms with Gasteiger partial charge in [-0.05, 0) is 5.92 Å². The van der Waals surface area contributed by atoms with Crippen LogP contribution in [0.25, 0.3) is 0 Å². The molecular weight excluding hydrogens is 238 g/mol. The van der Waals surface area contributed by atoms with Crippen LogP contribution in [0.15, 0.2) is 0 Å². The first-order valence-corrected chi connectivity index (χ1v) is 9.80. The topological polar surface area (TPSA) is 0 Å². The summed E-state index contributed by atoms with van der Waals surface area (Å²) in [6.45, 7) is 4.38. The van der Waals surface area contributed by atoms with Crippen molar-refractivity contribution in [1.29, 1.82) is 0 Å². The van der Waals surface area contributed by atoms with Gasteiger partial charge in [-0.25, -0.2) is 0 Å². The summed E-state index contributed by atoms with van der Waals surface area (Å²) in [5.74, 6) is 1.68. The van der Waals surface area contributed by atoms with Gasteiger partial charge < -0.3 is 0 Å². The maximum Gasteiger partial charge on any atom is 0.171 e. The van der Waals surface area contributed by atoms with Crippen LogP contribution in [0.3, 0.4) is 0 Å². The van der Waals surface area contributed by atoms with Gasteiger partial charge in [0.05, 0.1) is 0 Å². The normalized spacial score (nSPS) is 14.9. The van der Waals surface area contributed by atoms with Gasteiger partial charge in [0, 0.05) is 5.75 Å². The molecule has 0 aliphatic rings. The summed E-state index contributed by atoms with van der Waals surface area (Å²) < 4.78 is -2.05. The van der Waals surface area contributed by atoms with Gasteiger partial charge in [-0.3, -0.25) is 0 Å². The van der Waals surface area contributed by atoms with Crippen molar-refractivity contribution in [2.45, 2.75) is 26.7 Å². The van der Waals surface area contributed by atoms with Gasteiger partial charge >= 0.3 is 0 Å². The predicted molar refractivity (Wildman–Crippen MR) is 62.5 cm³/mol. The van der Waals surface area contributed by atoms with Gasteiger partial charge in [0.1, 0.15) is 0 Å². The quantitative estimate of drug-likeness (QED) is 0.640. The molecule has 0 amide bonds. The molecule has 0 rings (SSSR count). The zero-order chi connectivity index (χ0) is 8.91. The molecule has 0 nitrogen and oxygen atoms in total. The molecule has 1 unspecified atom stereocenters. The first-order valence-electron chi connectivity index (χ1n) is 3.59. The molecule has 68 valence electrons. The number of rotatable bonds is 5. The fraction of sp³-hybridized carbons (Fsp3) is 1.00. The van der Waals surface area contributed by atoms with Gasteiger partial charge in [0.25, 0.3) is 0 Å². The van der Waals surface area contributed by atoms with Crippen LogP contribution in [0.5, 0.6) is 0 Å². The van der Waals surface area contributed by atoms with Crippen molar-refractivity contribution in [3.05, 3.63) is 0 Å². The first kappa shape index (κ1) is 12.6. The standard InChI is InChI=1S/C6H13Cl2PS2/c1-3-4-6(2)5-11-9(7,8)10/h6H,3-5H2,1-2H3. The zero-order valence-electron chi connectivity index (χ0n) is 6.72. The van der Waals surface area contributed by atoms with Crippen molar-refractivity contribution in [2.24, 2.45) is 5.92 Å². The Kier molecular flexibility index (Phi) is 6.97. The smallest absolute Gasteiger partial charge is 0.0945 e. The fourth-order valence-corrected chi connectivity index (χ4v) is 4.23. The lowest BCUT2D eigenvalue weighted by Crippen LogP contribution is -1.95. The summed E-state index contributed by atoms with van der Waals surface area (Å²) in [4.78, 5) is 0. The minimum absolute atomic E-state index is 0.685. The Labute approximate surface area is 87.7 Å². The summed E-state index contributed by atoms with van der Waals surface area (Å²) in [7, 11) is 0. The molecule has 0 N–H and O–H groups in total. The highest BCUT2D eigenvalue weighted by Gasteiger charge is 2.10. The van der Waals surface area contributed by atoms with E-state index in [4.69, 9.17) is 34.3 Å². The zero-order valence-corrected chi connectivity index (χ0v) is 10.8. The third-order valence-corrected chi connectivity index (χ3v) is 6.36. The molecule has 0 aromatic carbocycles. The second-order valence-corrected chi connectivity index (χ2v) is 14.7. The van der Waals surface area contributed by atoms with Gasteiger partial charge in [-0.1, -0.05) is 72.4 Å². The van der Waals surface area contributed by atoms with Crippen LogP contribution in [-0.4, -0.2) is 5.75 Å². The summed E-state index contributed by atoms with van der Waals surface area (Å²) in [6, 6.07) is 0. The molecule has 0 fully saturated rings. The van der Waals surface area contributed by atoms with Gasteiger partial charge in [0.2, 0.25) is 0 Å². The first-order chi connectivity index (χ1) is 4.95. The lowest BCUT2D eigenvalue weighted by Gasteiger charge is -2.10. The lowest BCUT2D eigenvalue weighted by molar-refractivity contribution is 0.586. The average Bonchev–Trinajstić information content (AvgIpc) is 1.83. The fourth-order valence-electron chi connectivity index (χ4n) is 0.790. The highest BCUT2D eigenvalue weighted by molar-refractivity contribution is 8.85. The summed E-state index contributed by atoms with van der Waals surface area (Å²) in [5, 5.41) is 0. The highest BCUT2D eigenvalue weighted by atomic mass is 35.9. The minimum atomic E-state index is -2.05. The van der Waals surface area contributed by atoms with Crippen molar-refractivity contribution in [3.8, 4) is 0 Å². The van der Waals surface area contributed by atoms with Crippen LogP contribution in [-0.2, 0) is 11.8 Å². The van der Waals surface area contributed by atoms with E-state index in [1.54, 1.807) is 0 Å². The van der Waals surface area contributed by atoms with Crippen LogP contribution in [0, 0.1) is 5.92 Å². The van der Waals surface area contributed by atoms with Crippen molar-refractivity contribution < 1.29 is 0 Å². The summed E-state index contributed by atoms with van der Waals surface area (Å²) in [5.41, 5.74) is 0. The van der Waals surface area contributed by atoms with Crippen LogP contribution in [0.2, 0.25) is 0 Å². The maximum atomic E-state index is 5.73. The Morgan fingerprint density at radius 2 is 2.09 bits per heavy atom. The average molecular weight is 251 g/mol. The Hall–Kier alpha value is 1.58. The molecule has 0 aliphatic carbocycles. The summed E-state index contributed by atoms with van der Waals surface area (Å²) in [6.07, 6.45) is 2.45. The molecule has 1 atom stereocenters. The molecule has 0 heterocycles. The Bertz CT molecular complexity index is 146. The van der Waals surface area contributed by atoms with E-state index in [1.807, 2.05) is 0 Å². The maximum absolute atomic E-state index is 5.73. The van der Waals surface area contributed by atoms with E-state index in [1.165, 1.54) is 24.2 Å². The molecule has 0 saturated heterocycles. The molecule has 0 aromatic rings. The molecule has 0 bridgehead atoms. The van der Waals surface area contributed by atoms with E-state index < -0.39 is 3.95 Å². The minimum Gasteiger partial charge on any atom is -0.0945 e. The van der Waals surface area contributed by atoms with Crippen LogP contribution < -0.4 is 0 Å². The lowest BCUT2D eigenvalue weighted by atomic mass is 10.1. The third kappa shape index (κ3) is 9.49. The molecule has 5 heteroatoms. The van der Waals surface area contributed by atoms with E-state index in [-0.39, 0.29) is 0 Å². The van der Waals surface area contributed by atoms with Gasteiger partial charge in [-0.2, -0.15) is 0 Å². The highest BCUT2D eigenvalue weighted by Crippen LogP contribution is 2.68. The SMILES string of the molecule is CCCC(C)CSP(=S)(Cl)Cl. The second-order valence-electron chi connectivity index (χ2n) is 2.60.